The Balaban J connectivity index is 0.000000791. The molecule has 4 heteroatoms. The number of carbonyl (C=O) groups is 1. The van der Waals surface area contributed by atoms with Crippen molar-refractivity contribution in [1.29, 1.82) is 0 Å². The molecule has 0 radical (unpaired) electrons. The van der Waals surface area contributed by atoms with Gasteiger partial charge in [0.05, 0.1) is 6.04 Å². The summed E-state index contributed by atoms with van der Waals surface area (Å²) in [6.07, 6.45) is 0. The van der Waals surface area contributed by atoms with Crippen molar-refractivity contribution in [2.24, 2.45) is 5.73 Å². The summed E-state index contributed by atoms with van der Waals surface area (Å²) in [7, 11) is 2.06. The summed E-state index contributed by atoms with van der Waals surface area (Å²) in [5.74, 6) is 0.138. The van der Waals surface area contributed by atoms with Crippen molar-refractivity contribution >= 4 is 5.91 Å². The molecule has 2 N–H and O–H groups in total. The van der Waals surface area contributed by atoms with Crippen molar-refractivity contribution < 1.29 is 4.79 Å². The number of nitrogens with two attached hydrogens (primary N) is 1. The van der Waals surface area contributed by atoms with E-state index in [9.17, 15) is 4.79 Å². The molecule has 1 rings (SSSR count). The fourth-order valence-electron chi connectivity index (χ4n) is 1.63. The van der Waals surface area contributed by atoms with Gasteiger partial charge in [0.2, 0.25) is 5.91 Å². The molecule has 0 spiro atoms. The molecule has 0 aromatic carbocycles. The summed E-state index contributed by atoms with van der Waals surface area (Å²) in [5, 5.41) is 0. The standard InChI is InChI=1S/C8H17N3O.C2H6/c1-7(12)11-4-3-10(2)6-8(11)5-9;1-2/h8H,3-6,9H2,1-2H3;1-2H3. The molecule has 1 fully saturated rings. The molecule has 0 aliphatic carbocycles. The minimum Gasteiger partial charge on any atom is -0.336 e. The Kier molecular flexibility index (Phi) is 6.49. The van der Waals surface area contributed by atoms with Gasteiger partial charge in [-0.05, 0) is 7.05 Å². The topological polar surface area (TPSA) is 49.6 Å². The van der Waals surface area contributed by atoms with Crippen LogP contribution < -0.4 is 5.73 Å². The zero-order chi connectivity index (χ0) is 11.1. The summed E-state index contributed by atoms with van der Waals surface area (Å²) < 4.78 is 0. The maximum Gasteiger partial charge on any atom is 0.219 e. The Hall–Kier alpha value is -0.610. The minimum atomic E-state index is 0.138. The lowest BCUT2D eigenvalue weighted by Crippen LogP contribution is -2.56. The first-order chi connectivity index (χ1) is 6.65. The zero-order valence-corrected chi connectivity index (χ0v) is 9.79. The molecule has 1 aliphatic heterocycles. The number of amides is 1. The van der Waals surface area contributed by atoms with Crippen molar-refractivity contribution in [3.8, 4) is 0 Å². The third-order valence-electron chi connectivity index (χ3n) is 2.36. The molecule has 14 heavy (non-hydrogen) atoms. The van der Waals surface area contributed by atoms with E-state index >= 15 is 0 Å². The summed E-state index contributed by atoms with van der Waals surface area (Å²) in [5.41, 5.74) is 5.57. The number of hydrogen-bond acceptors (Lipinski definition) is 3. The lowest BCUT2D eigenvalue weighted by atomic mass is 10.2. The second-order valence-corrected chi connectivity index (χ2v) is 3.36. The van der Waals surface area contributed by atoms with Crippen LogP contribution in [0.1, 0.15) is 20.8 Å². The van der Waals surface area contributed by atoms with Crippen molar-refractivity contribution in [1.82, 2.24) is 9.80 Å². The SMILES string of the molecule is CC.CC(=O)N1CCN(C)CC1CN. The number of rotatable bonds is 1. The quantitative estimate of drug-likeness (QED) is 0.656. The van der Waals surface area contributed by atoms with E-state index < -0.39 is 0 Å². The largest absolute Gasteiger partial charge is 0.336 e. The molecule has 1 amide bonds. The van der Waals surface area contributed by atoms with Crippen LogP contribution in [-0.4, -0.2) is 55.0 Å². The number of piperazine rings is 1. The average molecular weight is 201 g/mol. The first-order valence-corrected chi connectivity index (χ1v) is 5.31. The van der Waals surface area contributed by atoms with E-state index in [-0.39, 0.29) is 11.9 Å². The first-order valence-electron chi connectivity index (χ1n) is 5.31. The van der Waals surface area contributed by atoms with Crippen molar-refractivity contribution in [2.45, 2.75) is 26.8 Å². The van der Waals surface area contributed by atoms with Crippen LogP contribution >= 0.6 is 0 Å². The minimum absolute atomic E-state index is 0.138. The number of hydrogen-bond donors (Lipinski definition) is 1. The van der Waals surface area contributed by atoms with E-state index in [0.717, 1.165) is 19.6 Å². The van der Waals surface area contributed by atoms with Crippen LogP contribution in [0.5, 0.6) is 0 Å². The van der Waals surface area contributed by atoms with E-state index in [1.165, 1.54) is 0 Å². The second-order valence-electron chi connectivity index (χ2n) is 3.36. The molecular formula is C10H23N3O. The van der Waals surface area contributed by atoms with Gasteiger partial charge in [-0.2, -0.15) is 0 Å². The Morgan fingerprint density at radius 2 is 2.00 bits per heavy atom. The maximum atomic E-state index is 11.1. The molecule has 0 bridgehead atoms. The number of likely N-dealkylation sites (N-methyl/N-ethyl adjacent to an activating group) is 1. The van der Waals surface area contributed by atoms with Gasteiger partial charge in [0, 0.05) is 33.1 Å². The lowest BCUT2D eigenvalue weighted by Gasteiger charge is -2.38. The van der Waals surface area contributed by atoms with E-state index in [0.29, 0.717) is 6.54 Å². The summed E-state index contributed by atoms with van der Waals surface area (Å²) in [6, 6.07) is 0.209. The van der Waals surface area contributed by atoms with Crippen LogP contribution in [0.4, 0.5) is 0 Å². The fraction of sp³-hybridized carbons (Fsp3) is 0.900. The van der Waals surface area contributed by atoms with Crippen LogP contribution in [0.15, 0.2) is 0 Å². The Bertz CT molecular complexity index is 173. The Morgan fingerprint density at radius 1 is 1.43 bits per heavy atom. The average Bonchev–Trinajstić information content (AvgIpc) is 2.20. The van der Waals surface area contributed by atoms with Gasteiger partial charge in [0.25, 0.3) is 0 Å². The molecule has 84 valence electrons. The molecule has 0 aromatic rings. The van der Waals surface area contributed by atoms with Gasteiger partial charge in [-0.1, -0.05) is 13.8 Å². The molecule has 0 aromatic heterocycles. The highest BCUT2D eigenvalue weighted by Gasteiger charge is 2.25. The molecule has 1 unspecified atom stereocenters. The maximum absolute atomic E-state index is 11.1. The molecule has 0 saturated carbocycles. The highest BCUT2D eigenvalue weighted by atomic mass is 16.2. The van der Waals surface area contributed by atoms with Crippen LogP contribution in [0, 0.1) is 0 Å². The predicted molar refractivity (Wildman–Crippen MR) is 59.1 cm³/mol. The van der Waals surface area contributed by atoms with Gasteiger partial charge >= 0.3 is 0 Å². The highest BCUT2D eigenvalue weighted by Crippen LogP contribution is 2.06. The molecular weight excluding hydrogens is 178 g/mol. The zero-order valence-electron chi connectivity index (χ0n) is 9.79. The van der Waals surface area contributed by atoms with Crippen molar-refractivity contribution in [3.63, 3.8) is 0 Å². The summed E-state index contributed by atoms with van der Waals surface area (Å²) in [6.45, 7) is 8.83. The molecule has 4 nitrogen and oxygen atoms in total. The highest BCUT2D eigenvalue weighted by molar-refractivity contribution is 5.73. The fourth-order valence-corrected chi connectivity index (χ4v) is 1.63. The second kappa shape index (κ2) is 6.79. The van der Waals surface area contributed by atoms with E-state index in [2.05, 4.69) is 11.9 Å². The molecule has 1 saturated heterocycles. The Morgan fingerprint density at radius 3 is 2.43 bits per heavy atom. The summed E-state index contributed by atoms with van der Waals surface area (Å²) >= 11 is 0. The van der Waals surface area contributed by atoms with Gasteiger partial charge in [0.15, 0.2) is 0 Å². The Labute approximate surface area is 87.0 Å². The number of nitrogens with zero attached hydrogens (tertiary/aromatic N) is 2. The molecule has 1 atom stereocenters. The van der Waals surface area contributed by atoms with Crippen molar-refractivity contribution in [2.75, 3.05) is 33.2 Å². The monoisotopic (exact) mass is 201 g/mol. The van der Waals surface area contributed by atoms with Gasteiger partial charge < -0.3 is 15.5 Å². The molecule has 1 heterocycles. The third-order valence-corrected chi connectivity index (χ3v) is 2.36. The normalized spacial score (nSPS) is 22.6. The third kappa shape index (κ3) is 3.64. The lowest BCUT2D eigenvalue weighted by molar-refractivity contribution is -0.133. The van der Waals surface area contributed by atoms with Crippen LogP contribution in [-0.2, 0) is 4.79 Å². The van der Waals surface area contributed by atoms with Crippen LogP contribution in [0.2, 0.25) is 0 Å². The van der Waals surface area contributed by atoms with Crippen LogP contribution in [0.25, 0.3) is 0 Å². The number of carbonyl (C=O) groups excluding carboxylic acids is 1. The van der Waals surface area contributed by atoms with E-state index in [4.69, 9.17) is 5.73 Å². The van der Waals surface area contributed by atoms with Crippen molar-refractivity contribution in [3.05, 3.63) is 0 Å². The molecule has 1 aliphatic rings. The van der Waals surface area contributed by atoms with Gasteiger partial charge in [0.1, 0.15) is 0 Å². The van der Waals surface area contributed by atoms with Gasteiger partial charge in [-0.3, -0.25) is 4.79 Å². The van der Waals surface area contributed by atoms with E-state index in [1.807, 2.05) is 18.7 Å². The van der Waals surface area contributed by atoms with E-state index in [1.54, 1.807) is 6.92 Å². The van der Waals surface area contributed by atoms with Gasteiger partial charge in [-0.25, -0.2) is 0 Å². The summed E-state index contributed by atoms with van der Waals surface area (Å²) in [4.78, 5) is 15.2. The predicted octanol–water partition coefficient (Wildman–Crippen LogP) is 0.134. The smallest absolute Gasteiger partial charge is 0.219 e. The first kappa shape index (κ1) is 13.4. The van der Waals surface area contributed by atoms with Gasteiger partial charge in [-0.15, -0.1) is 0 Å². The van der Waals surface area contributed by atoms with Crippen LogP contribution in [0.3, 0.4) is 0 Å².